The van der Waals surface area contributed by atoms with Crippen molar-refractivity contribution in [1.29, 1.82) is 0 Å². The number of aryl methyl sites for hydroxylation is 2. The molecule has 218 valence electrons. The summed E-state index contributed by atoms with van der Waals surface area (Å²) < 4.78 is 1.94. The van der Waals surface area contributed by atoms with Crippen molar-refractivity contribution < 1.29 is 4.79 Å². The number of pyridine rings is 1. The molecule has 2 N–H and O–H groups in total. The number of nitrogens with one attached hydrogen (secondary N) is 2. The maximum absolute atomic E-state index is 12.9. The van der Waals surface area contributed by atoms with Gasteiger partial charge in [0.05, 0.1) is 12.7 Å². The van der Waals surface area contributed by atoms with Gasteiger partial charge >= 0.3 is 0 Å². The van der Waals surface area contributed by atoms with Crippen molar-refractivity contribution >= 4 is 28.7 Å². The van der Waals surface area contributed by atoms with Gasteiger partial charge in [0.15, 0.2) is 5.65 Å². The van der Waals surface area contributed by atoms with Gasteiger partial charge in [0.25, 0.3) is 0 Å². The second-order valence-electron chi connectivity index (χ2n) is 10.2. The molecule has 4 rings (SSSR count). The van der Waals surface area contributed by atoms with Gasteiger partial charge in [-0.1, -0.05) is 39.3 Å². The maximum atomic E-state index is 12.9. The van der Waals surface area contributed by atoms with Crippen LogP contribution < -0.4 is 20.4 Å². The van der Waals surface area contributed by atoms with E-state index in [1.165, 1.54) is 28.9 Å². The molecule has 0 radical (unpaired) electrons. The Balaban J connectivity index is 1.42. The standard InChI is InChI=1S/C32H44N8O/c1-6-10-17-38(5)27-13-11-26(12-14-27)30-32(40-19-15-33-22-28(40)37-30)36-23-29(41)35-16-18-39(9-4)31-24(7-2)20-34-21-25(31)8-3/h11-15,19-22,36H,6-10,16-18,23H2,1-5H3,(H,35,41). The summed E-state index contributed by atoms with van der Waals surface area (Å²) in [5, 5.41) is 6.44. The minimum atomic E-state index is -0.0648. The Bertz CT molecular complexity index is 1390. The first-order valence-corrected chi connectivity index (χ1v) is 14.8. The van der Waals surface area contributed by atoms with E-state index in [0.29, 0.717) is 6.54 Å². The van der Waals surface area contributed by atoms with Gasteiger partial charge < -0.3 is 20.4 Å². The molecule has 0 aliphatic heterocycles. The molecule has 0 spiro atoms. The van der Waals surface area contributed by atoms with E-state index in [0.717, 1.165) is 61.6 Å². The molecule has 0 saturated carbocycles. The van der Waals surface area contributed by atoms with Crippen LogP contribution in [-0.4, -0.2) is 65.0 Å². The lowest BCUT2D eigenvalue weighted by Gasteiger charge is -2.28. The molecule has 41 heavy (non-hydrogen) atoms. The number of aromatic nitrogens is 4. The van der Waals surface area contributed by atoms with Gasteiger partial charge in [-0.3, -0.25) is 19.2 Å². The van der Waals surface area contributed by atoms with Gasteiger partial charge in [-0.2, -0.15) is 0 Å². The molecule has 0 bridgehead atoms. The van der Waals surface area contributed by atoms with Gasteiger partial charge in [-0.15, -0.1) is 0 Å². The molecule has 0 fully saturated rings. The summed E-state index contributed by atoms with van der Waals surface area (Å²) in [5.74, 6) is 0.710. The highest BCUT2D eigenvalue weighted by molar-refractivity contribution is 5.84. The number of rotatable bonds is 15. The molecule has 3 aromatic heterocycles. The minimum Gasteiger partial charge on any atom is -0.375 e. The lowest BCUT2D eigenvalue weighted by atomic mass is 10.1. The Hall–Kier alpha value is -4.14. The summed E-state index contributed by atoms with van der Waals surface area (Å²) in [4.78, 5) is 31.0. The molecule has 0 atom stereocenters. The maximum Gasteiger partial charge on any atom is 0.239 e. The van der Waals surface area contributed by atoms with Crippen LogP contribution in [0.1, 0.15) is 51.7 Å². The zero-order chi connectivity index (χ0) is 29.2. The van der Waals surface area contributed by atoms with Crippen molar-refractivity contribution in [2.45, 2.75) is 53.4 Å². The monoisotopic (exact) mass is 556 g/mol. The fraction of sp³-hybridized carbons (Fsp3) is 0.438. The van der Waals surface area contributed by atoms with E-state index in [4.69, 9.17) is 4.98 Å². The summed E-state index contributed by atoms with van der Waals surface area (Å²) >= 11 is 0. The second kappa shape index (κ2) is 14.5. The molecule has 1 amide bonds. The molecule has 0 unspecified atom stereocenters. The quantitative estimate of drug-likeness (QED) is 0.208. The molecule has 4 aromatic rings. The molecular formula is C32H44N8O. The van der Waals surface area contributed by atoms with Crippen LogP contribution in [0.3, 0.4) is 0 Å². The molecule has 1 aromatic carbocycles. The number of carbonyl (C=O) groups excluding carboxylic acids is 1. The SMILES string of the molecule is CCCCN(C)c1ccc(-c2nc3cnccn3c2NCC(=O)NCCN(CC)c2c(CC)cncc2CC)cc1. The summed E-state index contributed by atoms with van der Waals surface area (Å²) in [6.07, 6.45) is 13.4. The first-order chi connectivity index (χ1) is 20.0. The van der Waals surface area contributed by atoms with Crippen LogP contribution >= 0.6 is 0 Å². The fourth-order valence-electron chi connectivity index (χ4n) is 5.13. The van der Waals surface area contributed by atoms with E-state index < -0.39 is 0 Å². The second-order valence-corrected chi connectivity index (χ2v) is 10.2. The van der Waals surface area contributed by atoms with Crippen molar-refractivity contribution in [2.24, 2.45) is 0 Å². The van der Waals surface area contributed by atoms with Crippen molar-refractivity contribution in [1.82, 2.24) is 24.7 Å². The summed E-state index contributed by atoms with van der Waals surface area (Å²) in [6.45, 7) is 12.0. The van der Waals surface area contributed by atoms with Crippen LogP contribution in [0.2, 0.25) is 0 Å². The third-order valence-electron chi connectivity index (χ3n) is 7.51. The molecule has 0 saturated heterocycles. The van der Waals surface area contributed by atoms with E-state index in [1.54, 1.807) is 12.4 Å². The molecular weight excluding hydrogens is 512 g/mol. The number of hydrogen-bond donors (Lipinski definition) is 2. The van der Waals surface area contributed by atoms with Gasteiger partial charge in [0.2, 0.25) is 5.91 Å². The van der Waals surface area contributed by atoms with Crippen molar-refractivity contribution in [3.05, 3.63) is 66.4 Å². The van der Waals surface area contributed by atoms with Gasteiger partial charge in [-0.25, -0.2) is 4.98 Å². The number of amides is 1. The number of nitrogens with zero attached hydrogens (tertiary/aromatic N) is 6. The number of fused-ring (bicyclic) bond motifs is 1. The largest absolute Gasteiger partial charge is 0.375 e. The van der Waals surface area contributed by atoms with E-state index in [1.807, 2.05) is 23.0 Å². The van der Waals surface area contributed by atoms with Crippen LogP contribution in [0.4, 0.5) is 17.2 Å². The Morgan fingerprint density at radius 3 is 2.34 bits per heavy atom. The number of likely N-dealkylation sites (N-methyl/N-ethyl adjacent to an activating group) is 1. The predicted molar refractivity (Wildman–Crippen MR) is 169 cm³/mol. The first kappa shape index (κ1) is 29.8. The third-order valence-corrected chi connectivity index (χ3v) is 7.51. The minimum absolute atomic E-state index is 0.0648. The van der Waals surface area contributed by atoms with Crippen LogP contribution in [-0.2, 0) is 17.6 Å². The first-order valence-electron chi connectivity index (χ1n) is 14.8. The summed E-state index contributed by atoms with van der Waals surface area (Å²) in [6, 6.07) is 8.43. The highest BCUT2D eigenvalue weighted by atomic mass is 16.1. The number of unbranched alkanes of at least 4 members (excludes halogenated alkanes) is 1. The number of benzene rings is 1. The van der Waals surface area contributed by atoms with Crippen LogP contribution in [0.5, 0.6) is 0 Å². The average molecular weight is 557 g/mol. The summed E-state index contributed by atoms with van der Waals surface area (Å²) in [7, 11) is 2.12. The number of hydrogen-bond acceptors (Lipinski definition) is 7. The molecule has 0 aliphatic rings. The normalized spacial score (nSPS) is 11.0. The molecule has 9 nitrogen and oxygen atoms in total. The Morgan fingerprint density at radius 2 is 1.68 bits per heavy atom. The van der Waals surface area contributed by atoms with E-state index in [2.05, 4.69) is 89.4 Å². The zero-order valence-electron chi connectivity index (χ0n) is 25.2. The average Bonchev–Trinajstić information content (AvgIpc) is 3.39. The van der Waals surface area contributed by atoms with Crippen molar-refractivity contribution in [2.75, 3.05) is 54.9 Å². The highest BCUT2D eigenvalue weighted by Crippen LogP contribution is 2.30. The lowest BCUT2D eigenvalue weighted by molar-refractivity contribution is -0.119. The molecule has 9 heteroatoms. The number of anilines is 3. The smallest absolute Gasteiger partial charge is 0.239 e. The van der Waals surface area contributed by atoms with Crippen LogP contribution in [0.25, 0.3) is 16.9 Å². The zero-order valence-corrected chi connectivity index (χ0v) is 25.2. The van der Waals surface area contributed by atoms with E-state index >= 15 is 0 Å². The molecule has 3 heterocycles. The van der Waals surface area contributed by atoms with Crippen LogP contribution in [0.15, 0.2) is 55.2 Å². The number of carbonyl (C=O) groups is 1. The van der Waals surface area contributed by atoms with E-state index in [9.17, 15) is 4.79 Å². The topological polar surface area (TPSA) is 90.7 Å². The number of imidazole rings is 1. The fourth-order valence-corrected chi connectivity index (χ4v) is 5.13. The Labute approximate surface area is 244 Å². The van der Waals surface area contributed by atoms with Gasteiger partial charge in [0, 0.05) is 75.0 Å². The summed E-state index contributed by atoms with van der Waals surface area (Å²) in [5.41, 5.74) is 7.42. The predicted octanol–water partition coefficient (Wildman–Crippen LogP) is 5.21. The van der Waals surface area contributed by atoms with Gasteiger partial charge in [0.1, 0.15) is 11.5 Å². The van der Waals surface area contributed by atoms with E-state index in [-0.39, 0.29) is 12.5 Å². The van der Waals surface area contributed by atoms with Crippen molar-refractivity contribution in [3.63, 3.8) is 0 Å². The lowest BCUT2D eigenvalue weighted by Crippen LogP contribution is -2.38. The Morgan fingerprint density at radius 1 is 0.951 bits per heavy atom. The molecule has 0 aliphatic carbocycles. The van der Waals surface area contributed by atoms with Gasteiger partial charge in [-0.05, 0) is 49.4 Å². The Kier molecular flexibility index (Phi) is 10.5. The highest BCUT2D eigenvalue weighted by Gasteiger charge is 2.17. The van der Waals surface area contributed by atoms with Crippen LogP contribution in [0, 0.1) is 0 Å². The third kappa shape index (κ3) is 7.14. The van der Waals surface area contributed by atoms with Crippen molar-refractivity contribution in [3.8, 4) is 11.3 Å².